The number of hydrogen-bond donors (Lipinski definition) is 0. The van der Waals surface area contributed by atoms with Gasteiger partial charge in [0.05, 0.1) is 23.2 Å². The van der Waals surface area contributed by atoms with Gasteiger partial charge in [-0.2, -0.15) is 39.5 Å². The lowest BCUT2D eigenvalue weighted by Crippen LogP contribution is -2.48. The predicted octanol–water partition coefficient (Wildman–Crippen LogP) is 6.23. The van der Waals surface area contributed by atoms with Crippen LogP contribution in [0.25, 0.3) is 0 Å². The van der Waals surface area contributed by atoms with Crippen LogP contribution in [0.2, 0.25) is 0 Å². The SMILES string of the molecule is O=C(c1cc(C(F)(F)F)cc(C(F)(F)F)c1)N1CCN(Cc2cc(=O)c(OCc3ccc(C(F)(F)F)cc3)co2)CC1. The average Bonchev–Trinajstić information content (AvgIpc) is 2.91. The Morgan fingerprint density at radius 1 is 0.762 bits per heavy atom. The number of benzene rings is 2. The van der Waals surface area contributed by atoms with Crippen LogP contribution in [-0.2, 0) is 31.7 Å². The zero-order valence-corrected chi connectivity index (χ0v) is 21.4. The predicted molar refractivity (Wildman–Crippen MR) is 128 cm³/mol. The summed E-state index contributed by atoms with van der Waals surface area (Å²) in [6, 6.07) is 6.08. The molecule has 1 amide bonds. The summed E-state index contributed by atoms with van der Waals surface area (Å²) in [5, 5.41) is 0. The summed E-state index contributed by atoms with van der Waals surface area (Å²) < 4.78 is 128. The standard InChI is InChI=1S/C27H21F9N2O4/c28-25(29,30)18-3-1-16(2-4-18)14-42-23-15-41-21(12-22(23)39)13-37-5-7-38(8-6-37)24(40)17-9-19(26(31,32)33)11-20(10-17)27(34,35)36/h1-4,9-12,15H,5-8,13-14H2. The summed E-state index contributed by atoms with van der Waals surface area (Å²) in [6.07, 6.45) is -13.6. The molecule has 0 atom stereocenters. The van der Waals surface area contributed by atoms with Crippen molar-refractivity contribution in [1.29, 1.82) is 0 Å². The van der Waals surface area contributed by atoms with Crippen molar-refractivity contribution in [3.63, 3.8) is 0 Å². The van der Waals surface area contributed by atoms with Crippen LogP contribution in [0.1, 0.15) is 38.4 Å². The second-order valence-electron chi connectivity index (χ2n) is 9.42. The van der Waals surface area contributed by atoms with E-state index in [9.17, 15) is 49.1 Å². The Kier molecular flexibility index (Phi) is 8.62. The summed E-state index contributed by atoms with van der Waals surface area (Å²) in [5.74, 6) is -0.935. The van der Waals surface area contributed by atoms with Gasteiger partial charge in [-0.15, -0.1) is 0 Å². The molecule has 0 radical (unpaired) electrons. The van der Waals surface area contributed by atoms with Crippen LogP contribution in [0.3, 0.4) is 0 Å². The number of piperazine rings is 1. The first-order valence-corrected chi connectivity index (χ1v) is 12.2. The fraction of sp³-hybridized carbons (Fsp3) is 0.333. The fourth-order valence-corrected chi connectivity index (χ4v) is 4.17. The second-order valence-corrected chi connectivity index (χ2v) is 9.42. The van der Waals surface area contributed by atoms with Gasteiger partial charge < -0.3 is 14.1 Å². The maximum Gasteiger partial charge on any atom is 0.416 e. The third-order valence-electron chi connectivity index (χ3n) is 6.40. The van der Waals surface area contributed by atoms with Gasteiger partial charge in [0.25, 0.3) is 5.91 Å². The lowest BCUT2D eigenvalue weighted by molar-refractivity contribution is -0.143. The molecule has 1 saturated heterocycles. The quantitative estimate of drug-likeness (QED) is 0.311. The minimum Gasteiger partial charge on any atom is -0.482 e. The van der Waals surface area contributed by atoms with Crippen LogP contribution in [0, 0.1) is 0 Å². The number of rotatable bonds is 6. The molecule has 3 aromatic rings. The monoisotopic (exact) mass is 608 g/mol. The van der Waals surface area contributed by atoms with E-state index in [1.165, 1.54) is 12.1 Å². The number of carbonyl (C=O) groups excluding carboxylic acids is 1. The van der Waals surface area contributed by atoms with E-state index in [0.29, 0.717) is 17.7 Å². The van der Waals surface area contributed by atoms with Crippen molar-refractivity contribution in [2.24, 2.45) is 0 Å². The maximum absolute atomic E-state index is 13.2. The Morgan fingerprint density at radius 3 is 1.81 bits per heavy atom. The zero-order chi connectivity index (χ0) is 30.9. The van der Waals surface area contributed by atoms with E-state index in [1.54, 1.807) is 4.90 Å². The normalized spacial score (nSPS) is 15.1. The summed E-state index contributed by atoms with van der Waals surface area (Å²) in [4.78, 5) is 28.1. The number of carbonyl (C=O) groups is 1. The largest absolute Gasteiger partial charge is 0.482 e. The van der Waals surface area contributed by atoms with Gasteiger partial charge in [0, 0.05) is 37.8 Å². The lowest BCUT2D eigenvalue weighted by Gasteiger charge is -2.34. The molecular weight excluding hydrogens is 587 g/mol. The highest BCUT2D eigenvalue weighted by molar-refractivity contribution is 5.94. The van der Waals surface area contributed by atoms with Crippen molar-refractivity contribution < 1.29 is 53.5 Å². The highest BCUT2D eigenvalue weighted by Crippen LogP contribution is 2.36. The number of alkyl halides is 9. The molecule has 0 saturated carbocycles. The van der Waals surface area contributed by atoms with Crippen molar-refractivity contribution in [3.8, 4) is 5.75 Å². The van der Waals surface area contributed by atoms with E-state index >= 15 is 0 Å². The van der Waals surface area contributed by atoms with Gasteiger partial charge in [0.15, 0.2) is 0 Å². The number of halogens is 9. The molecular formula is C27H21F9N2O4. The molecule has 6 nitrogen and oxygen atoms in total. The van der Waals surface area contributed by atoms with Gasteiger partial charge in [0.2, 0.25) is 11.2 Å². The summed E-state index contributed by atoms with van der Waals surface area (Å²) in [6.45, 7) is 0.288. The lowest BCUT2D eigenvalue weighted by atomic mass is 10.0. The number of amides is 1. The van der Waals surface area contributed by atoms with Gasteiger partial charge in [-0.25, -0.2) is 0 Å². The van der Waals surface area contributed by atoms with Crippen molar-refractivity contribution in [2.45, 2.75) is 31.7 Å². The Bertz CT molecular complexity index is 1440. The molecule has 42 heavy (non-hydrogen) atoms. The van der Waals surface area contributed by atoms with Crippen LogP contribution >= 0.6 is 0 Å². The van der Waals surface area contributed by atoms with E-state index in [2.05, 4.69) is 0 Å². The van der Waals surface area contributed by atoms with E-state index in [0.717, 1.165) is 29.4 Å². The molecule has 0 aliphatic carbocycles. The zero-order valence-electron chi connectivity index (χ0n) is 21.4. The number of hydrogen-bond acceptors (Lipinski definition) is 5. The molecule has 0 unspecified atom stereocenters. The van der Waals surface area contributed by atoms with Crippen LogP contribution in [0.5, 0.6) is 5.75 Å². The molecule has 226 valence electrons. The molecule has 1 aromatic heterocycles. The molecule has 4 rings (SSSR count). The molecule has 0 bridgehead atoms. The molecule has 2 heterocycles. The van der Waals surface area contributed by atoms with Crippen molar-refractivity contribution in [2.75, 3.05) is 26.2 Å². The molecule has 0 spiro atoms. The molecule has 2 aromatic carbocycles. The van der Waals surface area contributed by atoms with Crippen molar-refractivity contribution >= 4 is 5.91 Å². The van der Waals surface area contributed by atoms with Crippen molar-refractivity contribution in [3.05, 3.63) is 98.6 Å². The number of nitrogens with zero attached hydrogens (tertiary/aromatic N) is 2. The van der Waals surface area contributed by atoms with Gasteiger partial charge in [-0.05, 0) is 35.9 Å². The smallest absolute Gasteiger partial charge is 0.416 e. The van der Waals surface area contributed by atoms with Gasteiger partial charge >= 0.3 is 18.5 Å². The first-order chi connectivity index (χ1) is 19.5. The second kappa shape index (κ2) is 11.7. The molecule has 0 N–H and O–H groups in total. The van der Waals surface area contributed by atoms with Gasteiger partial charge in [-0.3, -0.25) is 14.5 Å². The average molecular weight is 608 g/mol. The Labute approximate surface area is 231 Å². The Hall–Kier alpha value is -4.01. The van der Waals surface area contributed by atoms with Crippen LogP contribution < -0.4 is 10.2 Å². The van der Waals surface area contributed by atoms with Crippen molar-refractivity contribution in [1.82, 2.24) is 9.80 Å². The molecule has 1 aliphatic heterocycles. The topological polar surface area (TPSA) is 63.0 Å². The summed E-state index contributed by atoms with van der Waals surface area (Å²) in [7, 11) is 0. The Balaban J connectivity index is 1.34. The Morgan fingerprint density at radius 2 is 1.31 bits per heavy atom. The van der Waals surface area contributed by atoms with Crippen LogP contribution in [0.15, 0.2) is 64.0 Å². The third kappa shape index (κ3) is 7.63. The van der Waals surface area contributed by atoms with E-state index < -0.39 is 52.1 Å². The highest BCUT2D eigenvalue weighted by atomic mass is 19.4. The van der Waals surface area contributed by atoms with Crippen LogP contribution in [-0.4, -0.2) is 41.9 Å². The highest BCUT2D eigenvalue weighted by Gasteiger charge is 2.38. The first-order valence-electron chi connectivity index (χ1n) is 12.2. The fourth-order valence-electron chi connectivity index (χ4n) is 4.17. The van der Waals surface area contributed by atoms with E-state index in [4.69, 9.17) is 9.15 Å². The number of ether oxygens (including phenoxy) is 1. The maximum atomic E-state index is 13.2. The van der Waals surface area contributed by atoms with E-state index in [1.807, 2.05) is 0 Å². The van der Waals surface area contributed by atoms with Crippen LogP contribution in [0.4, 0.5) is 39.5 Å². The minimum absolute atomic E-state index is 0.00497. The van der Waals surface area contributed by atoms with E-state index in [-0.39, 0.29) is 56.9 Å². The third-order valence-corrected chi connectivity index (χ3v) is 6.40. The molecule has 15 heteroatoms. The molecule has 1 aliphatic rings. The summed E-state index contributed by atoms with van der Waals surface area (Å²) >= 11 is 0. The van der Waals surface area contributed by atoms with Gasteiger partial charge in [-0.1, -0.05) is 12.1 Å². The minimum atomic E-state index is -5.08. The van der Waals surface area contributed by atoms with Gasteiger partial charge in [0.1, 0.15) is 18.6 Å². The first kappa shape index (κ1) is 30.9. The molecule has 1 fully saturated rings. The summed E-state index contributed by atoms with van der Waals surface area (Å²) in [5.41, 5.74) is -4.89.